The van der Waals surface area contributed by atoms with Gasteiger partial charge in [-0.25, -0.2) is 4.79 Å². The van der Waals surface area contributed by atoms with Crippen LogP contribution in [0.1, 0.15) is 149 Å². The maximum atomic E-state index is 12.6. The number of hydrogen-bond donors (Lipinski definition) is 4. The molecule has 0 spiro atoms. The van der Waals surface area contributed by atoms with Crippen molar-refractivity contribution in [3.8, 4) is 0 Å². The van der Waals surface area contributed by atoms with Crippen LogP contribution in [0, 0.1) is 0 Å². The van der Waals surface area contributed by atoms with Crippen LogP contribution in [0.5, 0.6) is 0 Å². The predicted molar refractivity (Wildman–Crippen MR) is 213 cm³/mol. The number of ether oxygens (including phenoxy) is 1. The van der Waals surface area contributed by atoms with Crippen molar-refractivity contribution in [2.24, 2.45) is 0 Å². The largest absolute Gasteiger partial charge is 0.480 e. The van der Waals surface area contributed by atoms with Crippen molar-refractivity contribution in [1.29, 1.82) is 0 Å². The first-order valence-corrected chi connectivity index (χ1v) is 19.8. The zero-order valence-corrected chi connectivity index (χ0v) is 32.3. The SMILES string of the molecule is CC/C=C\C/C=C\C/C=C\C/C=C\C/C=C\C/C=C\CCC(=O)OC(CCCCCCCC)CCCCCCC(=O)NCC(=O)NC(CO)C(=O)O. The minimum absolute atomic E-state index is 0.0840. The fourth-order valence-electron chi connectivity index (χ4n) is 5.21. The van der Waals surface area contributed by atoms with Crippen LogP contribution in [0.25, 0.3) is 0 Å². The smallest absolute Gasteiger partial charge is 0.328 e. The highest BCUT2D eigenvalue weighted by atomic mass is 16.5. The molecular formula is C43H70N2O7. The number of hydrogen-bond acceptors (Lipinski definition) is 6. The van der Waals surface area contributed by atoms with E-state index in [1.807, 2.05) is 6.08 Å². The summed E-state index contributed by atoms with van der Waals surface area (Å²) in [4.78, 5) is 47.4. The molecule has 4 N–H and O–H groups in total. The Hall–Kier alpha value is -3.72. The molecule has 0 aromatic rings. The monoisotopic (exact) mass is 727 g/mol. The van der Waals surface area contributed by atoms with Crippen molar-refractivity contribution in [3.63, 3.8) is 0 Å². The van der Waals surface area contributed by atoms with Gasteiger partial charge in [0.1, 0.15) is 12.1 Å². The van der Waals surface area contributed by atoms with Crippen LogP contribution >= 0.6 is 0 Å². The zero-order valence-electron chi connectivity index (χ0n) is 32.3. The van der Waals surface area contributed by atoms with E-state index in [4.69, 9.17) is 14.9 Å². The average Bonchev–Trinajstić information content (AvgIpc) is 3.13. The van der Waals surface area contributed by atoms with Crippen molar-refractivity contribution >= 4 is 23.8 Å². The molecule has 0 aliphatic carbocycles. The highest BCUT2D eigenvalue weighted by Crippen LogP contribution is 2.17. The van der Waals surface area contributed by atoms with Crippen molar-refractivity contribution < 1.29 is 34.1 Å². The summed E-state index contributed by atoms with van der Waals surface area (Å²) in [5.74, 6) is -2.44. The fraction of sp³-hybridized carbons (Fsp3) is 0.628. The summed E-state index contributed by atoms with van der Waals surface area (Å²) in [7, 11) is 0. The summed E-state index contributed by atoms with van der Waals surface area (Å²) in [6.45, 7) is 3.29. The Morgan fingerprint density at radius 3 is 1.58 bits per heavy atom. The number of carbonyl (C=O) groups excluding carboxylic acids is 3. The summed E-state index contributed by atoms with van der Waals surface area (Å²) in [5, 5.41) is 22.5. The van der Waals surface area contributed by atoms with E-state index >= 15 is 0 Å². The molecule has 294 valence electrons. The van der Waals surface area contributed by atoms with E-state index in [1.54, 1.807) is 0 Å². The molecule has 0 rings (SSSR count). The van der Waals surface area contributed by atoms with E-state index in [0.717, 1.165) is 83.5 Å². The molecule has 2 atom stereocenters. The predicted octanol–water partition coefficient (Wildman–Crippen LogP) is 9.15. The maximum absolute atomic E-state index is 12.6. The lowest BCUT2D eigenvalue weighted by Gasteiger charge is -2.18. The second kappa shape index (κ2) is 37.1. The summed E-state index contributed by atoms with van der Waals surface area (Å²) in [6, 6.07) is -1.39. The third-order valence-corrected chi connectivity index (χ3v) is 8.23. The normalized spacial score (nSPS) is 13.3. The summed E-state index contributed by atoms with van der Waals surface area (Å²) >= 11 is 0. The average molecular weight is 727 g/mol. The van der Waals surface area contributed by atoms with Gasteiger partial charge in [0, 0.05) is 12.8 Å². The first-order valence-electron chi connectivity index (χ1n) is 19.8. The van der Waals surface area contributed by atoms with Gasteiger partial charge in [-0.2, -0.15) is 0 Å². The number of aliphatic carboxylic acids is 1. The molecule has 0 bridgehead atoms. The van der Waals surface area contributed by atoms with Gasteiger partial charge in [0.25, 0.3) is 0 Å². The number of rotatable bonds is 34. The molecular weight excluding hydrogens is 656 g/mol. The number of esters is 1. The van der Waals surface area contributed by atoms with Crippen molar-refractivity contribution in [2.45, 2.75) is 161 Å². The van der Waals surface area contributed by atoms with Crippen LogP contribution in [0.4, 0.5) is 0 Å². The standard InChI is InChI=1S/C43H70N2O7/c1-3-5-7-9-11-12-13-14-15-16-17-18-19-20-21-22-23-25-31-35-42(49)52-38(32-28-24-10-8-6-4-2)33-29-26-27-30-34-40(47)44-36-41(48)45-39(37-46)43(50)51/h5,7,11-12,14-15,17-18,20-21,23,25,38-39,46H,3-4,6,8-10,13,16,19,22,24,26-37H2,1-2H3,(H,44,47)(H,45,48)(H,50,51)/b7-5-,12-11-,15-14-,18-17-,21-20-,25-23-. The van der Waals surface area contributed by atoms with Gasteiger partial charge < -0.3 is 25.6 Å². The van der Waals surface area contributed by atoms with Gasteiger partial charge in [0.05, 0.1) is 13.2 Å². The highest BCUT2D eigenvalue weighted by Gasteiger charge is 2.19. The quantitative estimate of drug-likeness (QED) is 0.0294. The molecule has 52 heavy (non-hydrogen) atoms. The molecule has 0 saturated carbocycles. The van der Waals surface area contributed by atoms with E-state index < -0.39 is 24.5 Å². The van der Waals surface area contributed by atoms with E-state index in [9.17, 15) is 19.2 Å². The van der Waals surface area contributed by atoms with Crippen LogP contribution in [0.3, 0.4) is 0 Å². The van der Waals surface area contributed by atoms with Crippen LogP contribution in [0.15, 0.2) is 72.9 Å². The van der Waals surface area contributed by atoms with Crippen molar-refractivity contribution in [1.82, 2.24) is 10.6 Å². The molecule has 0 saturated heterocycles. The molecule has 2 amide bonds. The van der Waals surface area contributed by atoms with E-state index in [-0.39, 0.29) is 30.9 Å². The number of allylic oxidation sites excluding steroid dienone is 12. The number of carboxylic acid groups (broad SMARTS) is 1. The minimum atomic E-state index is -1.39. The molecule has 2 unspecified atom stereocenters. The Kier molecular flexibility index (Phi) is 34.4. The number of aliphatic hydroxyl groups excluding tert-OH is 1. The summed E-state index contributed by atoms with van der Waals surface area (Å²) in [6.07, 6.45) is 45.1. The topological polar surface area (TPSA) is 142 Å². The molecule has 0 fully saturated rings. The van der Waals surface area contributed by atoms with Crippen LogP contribution in [0.2, 0.25) is 0 Å². The molecule has 0 aliphatic heterocycles. The van der Waals surface area contributed by atoms with Gasteiger partial charge in [-0.15, -0.1) is 0 Å². The lowest BCUT2D eigenvalue weighted by molar-refractivity contribution is -0.149. The molecule has 0 heterocycles. The Morgan fingerprint density at radius 2 is 1.08 bits per heavy atom. The maximum Gasteiger partial charge on any atom is 0.328 e. The Labute approximate surface area is 314 Å². The second-order valence-electron chi connectivity index (χ2n) is 13.0. The number of carboxylic acids is 1. The second-order valence-corrected chi connectivity index (χ2v) is 13.0. The van der Waals surface area contributed by atoms with Crippen LogP contribution < -0.4 is 10.6 Å². The first-order chi connectivity index (χ1) is 25.3. The number of nitrogens with one attached hydrogen (secondary N) is 2. The summed E-state index contributed by atoms with van der Waals surface area (Å²) < 4.78 is 5.91. The molecule has 0 aromatic heterocycles. The van der Waals surface area contributed by atoms with Crippen molar-refractivity contribution in [3.05, 3.63) is 72.9 Å². The van der Waals surface area contributed by atoms with Gasteiger partial charge in [0.2, 0.25) is 11.8 Å². The van der Waals surface area contributed by atoms with Gasteiger partial charge >= 0.3 is 11.9 Å². The Bertz CT molecular complexity index is 1110. The highest BCUT2D eigenvalue weighted by molar-refractivity contribution is 5.87. The Morgan fingerprint density at radius 1 is 0.596 bits per heavy atom. The zero-order chi connectivity index (χ0) is 38.3. The number of unbranched alkanes of at least 4 members (excludes halogenated alkanes) is 8. The van der Waals surface area contributed by atoms with Gasteiger partial charge in [-0.1, -0.05) is 132 Å². The van der Waals surface area contributed by atoms with E-state index in [1.165, 1.54) is 25.7 Å². The summed E-state index contributed by atoms with van der Waals surface area (Å²) in [5.41, 5.74) is 0. The number of amides is 2. The number of aliphatic hydroxyl groups is 1. The molecule has 0 aliphatic rings. The van der Waals surface area contributed by atoms with Gasteiger partial charge in [0.15, 0.2) is 0 Å². The fourth-order valence-corrected chi connectivity index (χ4v) is 5.21. The van der Waals surface area contributed by atoms with Gasteiger partial charge in [-0.05, 0) is 77.0 Å². The molecule has 0 radical (unpaired) electrons. The Balaban J connectivity index is 4.29. The first kappa shape index (κ1) is 48.3. The van der Waals surface area contributed by atoms with Gasteiger partial charge in [-0.3, -0.25) is 14.4 Å². The molecule has 0 aromatic carbocycles. The lowest BCUT2D eigenvalue weighted by atomic mass is 10.0. The van der Waals surface area contributed by atoms with Crippen molar-refractivity contribution in [2.75, 3.05) is 13.2 Å². The van der Waals surface area contributed by atoms with E-state index in [2.05, 4.69) is 91.3 Å². The molecule has 9 heteroatoms. The van der Waals surface area contributed by atoms with Crippen LogP contribution in [-0.4, -0.2) is 59.3 Å². The van der Waals surface area contributed by atoms with E-state index in [0.29, 0.717) is 19.3 Å². The third kappa shape index (κ3) is 33.4. The minimum Gasteiger partial charge on any atom is -0.480 e. The van der Waals surface area contributed by atoms with Crippen LogP contribution in [-0.2, 0) is 23.9 Å². The lowest BCUT2D eigenvalue weighted by Crippen LogP contribution is -2.47. The molecule has 9 nitrogen and oxygen atoms in total. The third-order valence-electron chi connectivity index (χ3n) is 8.23. The number of carbonyl (C=O) groups is 4.